The number of hydrogen-bond donors (Lipinski definition) is 4. The molecular weight excluding hydrogens is 364 g/mol. The van der Waals surface area contributed by atoms with Crippen LogP contribution in [0.25, 0.3) is 0 Å². The number of esters is 1. The average molecular weight is 403 g/mol. The van der Waals surface area contributed by atoms with E-state index >= 15 is 0 Å². The third kappa shape index (κ3) is 12.6. The van der Waals surface area contributed by atoms with Gasteiger partial charge in [-0.05, 0) is 66.0 Å². The number of carbonyl (C=O) groups is 3. The number of unbranched alkanes of at least 4 members (excludes halogenated alkanes) is 2. The Labute approximate surface area is 168 Å². The van der Waals surface area contributed by atoms with Crippen LogP contribution < -0.4 is 22.1 Å². The van der Waals surface area contributed by atoms with Gasteiger partial charge in [-0.1, -0.05) is 6.42 Å². The van der Waals surface area contributed by atoms with E-state index in [1.54, 1.807) is 20.8 Å². The number of hydrogen-bond acceptors (Lipinski definition) is 8. The van der Waals surface area contributed by atoms with Gasteiger partial charge >= 0.3 is 12.1 Å². The van der Waals surface area contributed by atoms with E-state index in [-0.39, 0.29) is 12.3 Å². The molecule has 164 valence electrons. The van der Waals surface area contributed by atoms with Crippen LogP contribution in [-0.4, -0.2) is 62.3 Å². The first kappa shape index (κ1) is 26.3. The van der Waals surface area contributed by atoms with Crippen molar-refractivity contribution in [2.45, 2.75) is 77.0 Å². The summed E-state index contributed by atoms with van der Waals surface area (Å²) in [7, 11) is 1.31. The Morgan fingerprint density at radius 1 is 0.929 bits per heavy atom. The fourth-order valence-electron chi connectivity index (χ4n) is 2.54. The van der Waals surface area contributed by atoms with Crippen LogP contribution in [0.3, 0.4) is 0 Å². The summed E-state index contributed by atoms with van der Waals surface area (Å²) in [5.41, 5.74) is 10.3. The summed E-state index contributed by atoms with van der Waals surface area (Å²) in [5, 5.41) is 5.57. The van der Waals surface area contributed by atoms with Crippen molar-refractivity contribution in [2.24, 2.45) is 11.5 Å². The highest BCUT2D eigenvalue weighted by Gasteiger charge is 2.26. The van der Waals surface area contributed by atoms with Crippen molar-refractivity contribution in [1.82, 2.24) is 10.6 Å². The van der Waals surface area contributed by atoms with Crippen LogP contribution in [0.1, 0.15) is 59.3 Å². The van der Waals surface area contributed by atoms with E-state index < -0.39 is 29.7 Å². The Balaban J connectivity index is 4.84. The van der Waals surface area contributed by atoms with Crippen molar-refractivity contribution in [1.29, 1.82) is 0 Å². The van der Waals surface area contributed by atoms with Gasteiger partial charge in [0, 0.05) is 0 Å². The second kappa shape index (κ2) is 14.3. The molecular formula is C19H38N4O5. The molecule has 0 saturated heterocycles. The molecule has 0 radical (unpaired) electrons. The molecule has 0 rings (SSSR count). The topological polar surface area (TPSA) is 146 Å². The van der Waals surface area contributed by atoms with Gasteiger partial charge in [0.05, 0.1) is 19.7 Å². The molecule has 0 spiro atoms. The number of nitrogens with two attached hydrogens (primary N) is 2. The van der Waals surface area contributed by atoms with Crippen LogP contribution in [0.2, 0.25) is 0 Å². The molecule has 0 heterocycles. The lowest BCUT2D eigenvalue weighted by Gasteiger charge is -2.24. The van der Waals surface area contributed by atoms with Crippen LogP contribution in [0, 0.1) is 0 Å². The summed E-state index contributed by atoms with van der Waals surface area (Å²) in [6.07, 6.45) is 3.29. The zero-order chi connectivity index (χ0) is 21.6. The number of alkyl carbamates (subject to hydrolysis) is 1. The van der Waals surface area contributed by atoms with Crippen molar-refractivity contribution < 1.29 is 23.9 Å². The van der Waals surface area contributed by atoms with Crippen molar-refractivity contribution in [3.63, 3.8) is 0 Å². The Morgan fingerprint density at radius 2 is 1.46 bits per heavy atom. The molecule has 0 bridgehead atoms. The first-order valence-corrected chi connectivity index (χ1v) is 9.88. The minimum Gasteiger partial charge on any atom is -0.468 e. The zero-order valence-corrected chi connectivity index (χ0v) is 17.7. The first-order valence-electron chi connectivity index (χ1n) is 9.88. The van der Waals surface area contributed by atoms with Gasteiger partial charge in [0.15, 0.2) is 5.78 Å². The van der Waals surface area contributed by atoms with Crippen molar-refractivity contribution in [3.8, 4) is 0 Å². The van der Waals surface area contributed by atoms with Gasteiger partial charge in [0.25, 0.3) is 0 Å². The zero-order valence-electron chi connectivity index (χ0n) is 17.7. The highest BCUT2D eigenvalue weighted by atomic mass is 16.6. The summed E-state index contributed by atoms with van der Waals surface area (Å²) in [6.45, 7) is 6.24. The smallest absolute Gasteiger partial charge is 0.408 e. The molecule has 1 amide bonds. The van der Waals surface area contributed by atoms with E-state index in [9.17, 15) is 14.4 Å². The molecule has 0 aliphatic heterocycles. The van der Waals surface area contributed by atoms with Crippen LogP contribution in [0.4, 0.5) is 4.79 Å². The summed E-state index contributed by atoms with van der Waals surface area (Å²) in [6, 6.07) is -1.30. The quantitative estimate of drug-likeness (QED) is 0.247. The average Bonchev–Trinajstić information content (AvgIpc) is 2.61. The largest absolute Gasteiger partial charge is 0.468 e. The highest BCUT2D eigenvalue weighted by Crippen LogP contribution is 2.09. The fourth-order valence-corrected chi connectivity index (χ4v) is 2.54. The van der Waals surface area contributed by atoms with Gasteiger partial charge in [0.1, 0.15) is 11.6 Å². The number of methoxy groups -OCH3 is 1. The number of ketones is 1. The normalized spacial score (nSPS) is 13.5. The van der Waals surface area contributed by atoms with Gasteiger partial charge in [-0.25, -0.2) is 4.79 Å². The highest BCUT2D eigenvalue weighted by molar-refractivity contribution is 5.89. The van der Waals surface area contributed by atoms with Gasteiger partial charge in [0.2, 0.25) is 0 Å². The fraction of sp³-hybridized carbons (Fsp3) is 0.842. The van der Waals surface area contributed by atoms with E-state index in [0.717, 1.165) is 19.3 Å². The van der Waals surface area contributed by atoms with Gasteiger partial charge in [-0.3, -0.25) is 14.9 Å². The molecule has 0 fully saturated rings. The molecule has 6 N–H and O–H groups in total. The third-order valence-electron chi connectivity index (χ3n) is 3.98. The van der Waals surface area contributed by atoms with Gasteiger partial charge in [-0.15, -0.1) is 0 Å². The number of rotatable bonds is 14. The van der Waals surface area contributed by atoms with Crippen LogP contribution in [-0.2, 0) is 19.1 Å². The minimum absolute atomic E-state index is 0.0640. The summed E-state index contributed by atoms with van der Waals surface area (Å²) >= 11 is 0. The van der Waals surface area contributed by atoms with E-state index in [2.05, 4.69) is 10.6 Å². The molecule has 0 aliphatic carbocycles. The van der Waals surface area contributed by atoms with E-state index in [1.165, 1.54) is 7.11 Å². The van der Waals surface area contributed by atoms with Crippen LogP contribution in [0.15, 0.2) is 0 Å². The van der Waals surface area contributed by atoms with Crippen LogP contribution >= 0.6 is 0 Å². The second-order valence-corrected chi connectivity index (χ2v) is 7.69. The molecule has 0 aromatic heterocycles. The maximum atomic E-state index is 12.6. The Hall–Kier alpha value is -1.71. The lowest BCUT2D eigenvalue weighted by atomic mass is 10.0. The molecule has 28 heavy (non-hydrogen) atoms. The summed E-state index contributed by atoms with van der Waals surface area (Å²) in [4.78, 5) is 36.6. The predicted molar refractivity (Wildman–Crippen MR) is 108 cm³/mol. The molecule has 0 aliphatic rings. The number of nitrogens with one attached hydrogen (secondary N) is 2. The minimum atomic E-state index is -0.712. The molecule has 2 atom stereocenters. The molecule has 9 nitrogen and oxygen atoms in total. The van der Waals surface area contributed by atoms with Gasteiger partial charge in [-0.2, -0.15) is 0 Å². The first-order chi connectivity index (χ1) is 13.1. The van der Waals surface area contributed by atoms with Crippen molar-refractivity contribution in [2.75, 3.05) is 26.7 Å². The molecule has 0 saturated carbocycles. The molecule has 0 aromatic carbocycles. The Bertz CT molecular complexity index is 479. The monoisotopic (exact) mass is 402 g/mol. The number of ether oxygens (including phenoxy) is 2. The number of Topliss-reactive ketones (excluding diaryl/α,β-unsaturated/α-hetero) is 1. The van der Waals surface area contributed by atoms with Crippen molar-refractivity contribution in [3.05, 3.63) is 0 Å². The van der Waals surface area contributed by atoms with E-state index in [1.807, 2.05) is 0 Å². The molecule has 0 unspecified atom stereocenters. The SMILES string of the molecule is COC(=O)[C@H](CCCCN)NCC(=O)[C@@H](CCCCN)NC(=O)OC(C)(C)C. The Morgan fingerprint density at radius 3 is 1.93 bits per heavy atom. The standard InChI is InChI=1S/C19H38N4O5/c1-19(2,3)28-18(26)23-14(9-5-7-11-20)16(24)13-22-15(17(25)27-4)10-6-8-12-21/h14-15,22H,5-13,20-21H2,1-4H3,(H,23,26)/t14-,15+/m1/s1. The summed E-state index contributed by atoms with van der Waals surface area (Å²) in [5.74, 6) is -0.653. The molecule has 0 aromatic rings. The lowest BCUT2D eigenvalue weighted by Crippen LogP contribution is -2.49. The third-order valence-corrected chi connectivity index (χ3v) is 3.98. The predicted octanol–water partition coefficient (Wildman–Crippen LogP) is 0.838. The number of carbonyl (C=O) groups excluding carboxylic acids is 3. The maximum absolute atomic E-state index is 12.6. The van der Waals surface area contributed by atoms with Gasteiger partial charge < -0.3 is 26.3 Å². The summed E-state index contributed by atoms with van der Waals surface area (Å²) < 4.78 is 10.0. The van der Waals surface area contributed by atoms with E-state index in [0.29, 0.717) is 32.4 Å². The number of amides is 1. The van der Waals surface area contributed by atoms with Crippen LogP contribution in [0.5, 0.6) is 0 Å². The second-order valence-electron chi connectivity index (χ2n) is 7.69. The van der Waals surface area contributed by atoms with E-state index in [4.69, 9.17) is 20.9 Å². The Kier molecular flexibility index (Phi) is 13.4. The molecule has 9 heteroatoms. The lowest BCUT2D eigenvalue weighted by molar-refractivity contribution is -0.143. The maximum Gasteiger partial charge on any atom is 0.408 e. The van der Waals surface area contributed by atoms with Crippen molar-refractivity contribution >= 4 is 17.8 Å².